The van der Waals surface area contributed by atoms with Gasteiger partial charge in [0.2, 0.25) is 9.70 Å². The van der Waals surface area contributed by atoms with E-state index in [2.05, 4.69) is 31.2 Å². The van der Waals surface area contributed by atoms with Gasteiger partial charge in [0.15, 0.2) is 0 Å². The Balaban J connectivity index is 2.57. The van der Waals surface area contributed by atoms with Gasteiger partial charge in [-0.1, -0.05) is 68.6 Å². The van der Waals surface area contributed by atoms with Crippen molar-refractivity contribution in [1.82, 2.24) is 15.8 Å². The summed E-state index contributed by atoms with van der Waals surface area (Å²) in [5, 5.41) is 4.14. The lowest BCUT2D eigenvalue weighted by molar-refractivity contribution is -0.153. The van der Waals surface area contributed by atoms with Crippen LogP contribution in [0.3, 0.4) is 0 Å². The first-order chi connectivity index (χ1) is 17.6. The molecule has 38 heavy (non-hydrogen) atoms. The number of amides is 2. The molecule has 1 rings (SSSR count). The Morgan fingerprint density at radius 1 is 1.16 bits per heavy atom. The molecule has 3 atom stereocenters. The van der Waals surface area contributed by atoms with E-state index in [9.17, 15) is 19.2 Å². The number of allylic oxidation sites excluding steroid dienone is 1. The second-order valence-corrected chi connectivity index (χ2v) is 13.7. The Morgan fingerprint density at radius 3 is 2.39 bits per heavy atom. The number of nitrogens with zero attached hydrogens (tertiary/aromatic N) is 1. The lowest BCUT2D eigenvalue weighted by atomic mass is 9.83. The number of hydrogen-bond donors (Lipinski definition) is 2. The van der Waals surface area contributed by atoms with Crippen LogP contribution in [0.15, 0.2) is 12.7 Å². The van der Waals surface area contributed by atoms with E-state index in [0.29, 0.717) is 45.1 Å². The van der Waals surface area contributed by atoms with Gasteiger partial charge in [0.05, 0.1) is 0 Å². The molecule has 3 unspecified atom stereocenters. The standard InChI is InChI=1S/C27H44Cl3N3O5/c1-7-14-26(5,6)15-13-20(34)10-8-11-21(18(2)3)23(35)31-19(4)24(36)33-16-9-12-22(32-33)25(37)38-17-27(28,29)30/h7,18-19,21-22,32H,1,8-17H2,2-6H3,(H,31,35). The van der Waals surface area contributed by atoms with E-state index in [-0.39, 0.29) is 34.8 Å². The van der Waals surface area contributed by atoms with Gasteiger partial charge < -0.3 is 10.1 Å². The summed E-state index contributed by atoms with van der Waals surface area (Å²) in [5.74, 6) is -1.29. The predicted octanol–water partition coefficient (Wildman–Crippen LogP) is 5.29. The van der Waals surface area contributed by atoms with Crippen molar-refractivity contribution in [2.75, 3.05) is 13.2 Å². The van der Waals surface area contributed by atoms with Gasteiger partial charge in [0.25, 0.3) is 5.91 Å². The minimum atomic E-state index is -1.72. The third-order valence-corrected chi connectivity index (χ3v) is 7.06. The molecule has 0 bridgehead atoms. The van der Waals surface area contributed by atoms with Crippen LogP contribution >= 0.6 is 34.8 Å². The van der Waals surface area contributed by atoms with Crippen molar-refractivity contribution in [3.8, 4) is 0 Å². The second kappa shape index (κ2) is 16.0. The molecule has 2 amide bonds. The number of alkyl halides is 3. The molecule has 11 heteroatoms. The summed E-state index contributed by atoms with van der Waals surface area (Å²) in [5.41, 5.74) is 2.91. The average Bonchev–Trinajstić information content (AvgIpc) is 2.82. The number of ether oxygens (including phenoxy) is 1. The molecule has 1 fully saturated rings. The van der Waals surface area contributed by atoms with Gasteiger partial charge in [-0.15, -0.1) is 6.58 Å². The van der Waals surface area contributed by atoms with E-state index < -0.39 is 28.5 Å². The van der Waals surface area contributed by atoms with Crippen molar-refractivity contribution in [3.63, 3.8) is 0 Å². The lowest BCUT2D eigenvalue weighted by Crippen LogP contribution is -2.59. The number of hydrazine groups is 1. The molecule has 1 aliphatic heterocycles. The van der Waals surface area contributed by atoms with Gasteiger partial charge >= 0.3 is 5.97 Å². The van der Waals surface area contributed by atoms with Crippen LogP contribution in [0.2, 0.25) is 0 Å². The number of esters is 1. The highest BCUT2D eigenvalue weighted by Gasteiger charge is 2.34. The second-order valence-electron chi connectivity index (χ2n) is 11.2. The summed E-state index contributed by atoms with van der Waals surface area (Å²) in [6.45, 7) is 13.5. The zero-order valence-electron chi connectivity index (χ0n) is 23.3. The van der Waals surface area contributed by atoms with Crippen molar-refractivity contribution >= 4 is 58.4 Å². The lowest BCUT2D eigenvalue weighted by Gasteiger charge is -2.34. The highest BCUT2D eigenvalue weighted by molar-refractivity contribution is 6.67. The predicted molar refractivity (Wildman–Crippen MR) is 152 cm³/mol. The Hall–Kier alpha value is -1.35. The Kier molecular flexibility index (Phi) is 14.6. The van der Waals surface area contributed by atoms with Crippen molar-refractivity contribution in [2.24, 2.45) is 17.3 Å². The van der Waals surface area contributed by atoms with Gasteiger partial charge in [0.1, 0.15) is 24.5 Å². The molecule has 1 saturated heterocycles. The molecule has 0 spiro atoms. The number of carbonyl (C=O) groups is 4. The van der Waals surface area contributed by atoms with Crippen LogP contribution < -0.4 is 10.7 Å². The molecule has 0 aliphatic carbocycles. The maximum atomic E-state index is 13.0. The van der Waals surface area contributed by atoms with Crippen molar-refractivity contribution in [2.45, 2.75) is 102 Å². The fourth-order valence-corrected chi connectivity index (χ4v) is 4.53. The molecule has 218 valence electrons. The minimum absolute atomic E-state index is 0.0455. The first-order valence-electron chi connectivity index (χ1n) is 13.3. The van der Waals surface area contributed by atoms with Crippen LogP contribution in [-0.2, 0) is 23.9 Å². The van der Waals surface area contributed by atoms with Crippen LogP contribution in [0.25, 0.3) is 0 Å². The topological polar surface area (TPSA) is 105 Å². The van der Waals surface area contributed by atoms with Crippen LogP contribution in [0.4, 0.5) is 0 Å². The summed E-state index contributed by atoms with van der Waals surface area (Å²) < 4.78 is 3.30. The molecule has 0 aromatic heterocycles. The fraction of sp³-hybridized carbons (Fsp3) is 0.778. The van der Waals surface area contributed by atoms with Gasteiger partial charge in [-0.2, -0.15) is 0 Å². The molecule has 1 aliphatic rings. The van der Waals surface area contributed by atoms with E-state index in [0.717, 1.165) is 12.8 Å². The smallest absolute Gasteiger partial charge is 0.325 e. The maximum absolute atomic E-state index is 13.0. The minimum Gasteiger partial charge on any atom is -0.460 e. The summed E-state index contributed by atoms with van der Waals surface area (Å²) in [6.07, 6.45) is 6.71. The van der Waals surface area contributed by atoms with Gasteiger partial charge in [-0.3, -0.25) is 24.2 Å². The third-order valence-electron chi connectivity index (χ3n) is 6.73. The SMILES string of the molecule is C=CCC(C)(C)CCC(=O)CCCC(C(=O)NC(C)C(=O)N1CCCC(C(=O)OCC(Cl)(Cl)Cl)N1)C(C)C. The van der Waals surface area contributed by atoms with Gasteiger partial charge in [-0.25, -0.2) is 5.43 Å². The Bertz CT molecular complexity index is 829. The molecule has 2 N–H and O–H groups in total. The highest BCUT2D eigenvalue weighted by Crippen LogP contribution is 2.28. The van der Waals surface area contributed by atoms with Crippen molar-refractivity contribution in [3.05, 3.63) is 12.7 Å². The number of nitrogens with one attached hydrogen (secondary N) is 2. The number of hydrogen-bond acceptors (Lipinski definition) is 6. The number of carbonyl (C=O) groups excluding carboxylic acids is 4. The molecule has 8 nitrogen and oxygen atoms in total. The summed E-state index contributed by atoms with van der Waals surface area (Å²) >= 11 is 16.9. The monoisotopic (exact) mass is 595 g/mol. The number of rotatable bonds is 15. The zero-order valence-corrected chi connectivity index (χ0v) is 25.6. The first kappa shape index (κ1) is 34.7. The van der Waals surface area contributed by atoms with E-state index in [1.54, 1.807) is 6.92 Å². The third kappa shape index (κ3) is 13.1. The van der Waals surface area contributed by atoms with E-state index >= 15 is 0 Å². The highest BCUT2D eigenvalue weighted by atomic mass is 35.6. The van der Waals surface area contributed by atoms with Crippen LogP contribution in [0.1, 0.15) is 86.0 Å². The Labute approximate surface area is 242 Å². The summed E-state index contributed by atoms with van der Waals surface area (Å²) in [6, 6.07) is -1.56. The van der Waals surface area contributed by atoms with E-state index in [4.69, 9.17) is 39.5 Å². The maximum Gasteiger partial charge on any atom is 0.325 e. The first-order valence-corrected chi connectivity index (χ1v) is 14.4. The molecule has 0 aromatic rings. The molecular formula is C27H44Cl3N3O5. The quantitative estimate of drug-likeness (QED) is 0.151. The van der Waals surface area contributed by atoms with E-state index in [1.165, 1.54) is 5.01 Å². The molecule has 0 saturated carbocycles. The van der Waals surface area contributed by atoms with Crippen LogP contribution in [0, 0.1) is 17.3 Å². The fourth-order valence-electron chi connectivity index (χ4n) is 4.37. The molecule has 0 aromatic carbocycles. The van der Waals surface area contributed by atoms with E-state index in [1.807, 2.05) is 19.9 Å². The van der Waals surface area contributed by atoms with Gasteiger partial charge in [-0.05, 0) is 56.8 Å². The van der Waals surface area contributed by atoms with Crippen molar-refractivity contribution in [1.29, 1.82) is 0 Å². The molecular weight excluding hydrogens is 553 g/mol. The molecule has 1 heterocycles. The van der Waals surface area contributed by atoms with Crippen molar-refractivity contribution < 1.29 is 23.9 Å². The van der Waals surface area contributed by atoms with Crippen LogP contribution in [-0.4, -0.2) is 57.6 Å². The average molecular weight is 597 g/mol. The Morgan fingerprint density at radius 2 is 1.82 bits per heavy atom. The van der Waals surface area contributed by atoms with Gasteiger partial charge in [0, 0.05) is 25.3 Å². The largest absolute Gasteiger partial charge is 0.460 e. The molecule has 0 radical (unpaired) electrons. The van der Waals surface area contributed by atoms with Crippen LogP contribution in [0.5, 0.6) is 0 Å². The normalized spacial score (nSPS) is 18.0. The zero-order chi connectivity index (χ0) is 29.1. The summed E-state index contributed by atoms with van der Waals surface area (Å²) in [7, 11) is 0. The summed E-state index contributed by atoms with van der Waals surface area (Å²) in [4.78, 5) is 50.7. The number of Topliss-reactive ketones (excluding diaryl/α,β-unsaturated/α-hetero) is 1. The number of ketones is 1. The number of halogens is 3.